The van der Waals surface area contributed by atoms with Crippen LogP contribution in [0.15, 0.2) is 37.5 Å². The van der Waals surface area contributed by atoms with Gasteiger partial charge in [-0.3, -0.25) is 23.8 Å². The normalized spacial score (nSPS) is 20.3. The van der Waals surface area contributed by atoms with Gasteiger partial charge in [-0.1, -0.05) is 156 Å². The zero-order chi connectivity index (χ0) is 44.5. The summed E-state index contributed by atoms with van der Waals surface area (Å²) < 4.78 is 59.0. The van der Waals surface area contributed by atoms with Gasteiger partial charge in [0.1, 0.15) is 24.4 Å². The second kappa shape index (κ2) is 35.3. The Hall–Kier alpha value is -1.02. The van der Waals surface area contributed by atoms with E-state index in [-0.39, 0.29) is 44.9 Å². The van der Waals surface area contributed by atoms with Crippen molar-refractivity contribution in [2.75, 3.05) is 40.6 Å². The Kier molecular flexibility index (Phi) is 33.6. The highest BCUT2D eigenvalue weighted by atomic mass is 35.6. The molecule has 1 saturated heterocycles. The molecule has 0 aliphatic carbocycles. The third-order valence-electron chi connectivity index (χ3n) is 10.1. The van der Waals surface area contributed by atoms with E-state index in [1.807, 2.05) is 0 Å². The maximum Gasteiger partial charge on any atom is 0.475 e. The first kappa shape index (κ1) is 57.0. The highest BCUT2D eigenvalue weighted by Crippen LogP contribution is 2.52. The van der Waals surface area contributed by atoms with Gasteiger partial charge in [-0.25, -0.2) is 4.57 Å². The minimum absolute atomic E-state index is 0.0990. The van der Waals surface area contributed by atoms with Crippen LogP contribution in [-0.4, -0.2) is 93.0 Å². The summed E-state index contributed by atoms with van der Waals surface area (Å²) in [5.74, 6) is -1.05. The lowest BCUT2D eigenvalue weighted by atomic mass is 9.96. The number of rotatable bonds is 38. The average molecular weight is 932 g/mol. The number of ether oxygens (including phenoxy) is 5. The van der Waals surface area contributed by atoms with Gasteiger partial charge in [-0.15, -0.1) is 13.2 Å². The Morgan fingerprint density at radius 3 is 1.92 bits per heavy atom. The number of carbonyl (C=O) groups excluding carboxylic acids is 1. The molecule has 5 unspecified atom stereocenters. The predicted octanol–water partition coefficient (Wildman–Crippen LogP) is 12.3. The SMILES string of the molecule is C=CCOP(=O)(OCC=C)OC1C(COC)OC(OC(=N)C(Cl)(Cl)Cl)C(NC(=O)CCCCCCCCC/C=C\CCCCCC)C1OCC[C@@H](CCCCCCC)OC. The molecule has 1 heterocycles. The number of methoxy groups -OCH3 is 2. The molecule has 2 N–H and O–H groups in total. The number of nitrogens with one attached hydrogen (secondary N) is 2. The third kappa shape index (κ3) is 25.9. The van der Waals surface area contributed by atoms with Crippen molar-refractivity contribution in [1.82, 2.24) is 5.32 Å². The summed E-state index contributed by atoms with van der Waals surface area (Å²) in [4.78, 5) is 13.7. The van der Waals surface area contributed by atoms with Crippen molar-refractivity contribution in [2.45, 2.75) is 189 Å². The molecule has 1 amide bonds. The molecule has 6 atom stereocenters. The molecule has 0 aromatic heterocycles. The lowest BCUT2D eigenvalue weighted by molar-refractivity contribution is -0.256. The van der Waals surface area contributed by atoms with Crippen LogP contribution in [0.1, 0.15) is 149 Å². The molecule has 0 saturated carbocycles. The van der Waals surface area contributed by atoms with Crippen molar-refractivity contribution in [1.29, 1.82) is 5.41 Å². The fourth-order valence-electron chi connectivity index (χ4n) is 6.80. The number of phosphoric ester groups is 1. The van der Waals surface area contributed by atoms with Crippen LogP contribution in [0, 0.1) is 5.41 Å². The van der Waals surface area contributed by atoms with Crippen molar-refractivity contribution in [3.8, 4) is 0 Å². The summed E-state index contributed by atoms with van der Waals surface area (Å²) in [5.41, 5.74) is 0. The topological polar surface area (TPSA) is 144 Å². The Balaban J connectivity index is 3.20. The monoisotopic (exact) mass is 930 g/mol. The molecule has 0 radical (unpaired) electrons. The molecule has 12 nitrogen and oxygen atoms in total. The van der Waals surface area contributed by atoms with E-state index >= 15 is 0 Å². The van der Waals surface area contributed by atoms with Crippen molar-refractivity contribution < 1.29 is 46.6 Å². The summed E-state index contributed by atoms with van der Waals surface area (Å²) in [7, 11) is -1.21. The van der Waals surface area contributed by atoms with Crippen molar-refractivity contribution in [3.63, 3.8) is 0 Å². The zero-order valence-electron chi connectivity index (χ0n) is 37.0. The van der Waals surface area contributed by atoms with E-state index in [9.17, 15) is 9.36 Å². The van der Waals surface area contributed by atoms with Crippen LogP contribution < -0.4 is 5.32 Å². The van der Waals surface area contributed by atoms with Gasteiger partial charge in [0.2, 0.25) is 18.1 Å². The van der Waals surface area contributed by atoms with E-state index in [2.05, 4.69) is 44.5 Å². The van der Waals surface area contributed by atoms with E-state index in [0.717, 1.165) is 64.2 Å². The van der Waals surface area contributed by atoms with Gasteiger partial charge < -0.3 is 29.0 Å². The van der Waals surface area contributed by atoms with Crippen molar-refractivity contribution in [2.24, 2.45) is 0 Å². The molecular weight excluding hydrogens is 854 g/mol. The second-order valence-electron chi connectivity index (χ2n) is 15.2. The maximum atomic E-state index is 14.1. The number of hydrogen-bond donors (Lipinski definition) is 2. The molecule has 1 fully saturated rings. The Morgan fingerprint density at radius 1 is 0.817 bits per heavy atom. The number of alkyl halides is 3. The Labute approximate surface area is 377 Å². The van der Waals surface area contributed by atoms with Gasteiger partial charge in [0.05, 0.1) is 25.9 Å². The summed E-state index contributed by atoms with van der Waals surface area (Å²) >= 11 is 18.1. The molecule has 350 valence electrons. The third-order valence-corrected chi connectivity index (χ3v) is 12.1. The van der Waals surface area contributed by atoms with Gasteiger partial charge in [0.15, 0.2) is 0 Å². The highest BCUT2D eigenvalue weighted by Gasteiger charge is 2.53. The quantitative estimate of drug-likeness (QED) is 0.0153. The zero-order valence-corrected chi connectivity index (χ0v) is 40.2. The number of phosphoric acid groups is 1. The van der Waals surface area contributed by atoms with Crippen molar-refractivity contribution >= 4 is 54.4 Å². The lowest BCUT2D eigenvalue weighted by Crippen LogP contribution is -2.66. The predicted molar refractivity (Wildman–Crippen MR) is 244 cm³/mol. The van der Waals surface area contributed by atoms with Crippen LogP contribution in [0.5, 0.6) is 0 Å². The van der Waals surface area contributed by atoms with E-state index in [0.29, 0.717) is 12.8 Å². The van der Waals surface area contributed by atoms with Crippen LogP contribution in [0.4, 0.5) is 0 Å². The fraction of sp³-hybridized carbons (Fsp3) is 0.818. The van der Waals surface area contributed by atoms with E-state index < -0.39 is 48.2 Å². The first-order valence-electron chi connectivity index (χ1n) is 22.2. The molecule has 0 spiro atoms. The molecular formula is C44H78Cl3N2O10P. The van der Waals surface area contributed by atoms with E-state index in [1.54, 1.807) is 7.11 Å². The number of unbranched alkanes of at least 4 members (excludes halogenated alkanes) is 15. The number of hydrogen-bond acceptors (Lipinski definition) is 11. The Bertz CT molecular complexity index is 1210. The average Bonchev–Trinajstić information content (AvgIpc) is 3.21. The van der Waals surface area contributed by atoms with E-state index in [1.165, 1.54) is 70.6 Å². The van der Waals surface area contributed by atoms with Crippen LogP contribution >= 0.6 is 42.6 Å². The molecule has 0 bridgehead atoms. The molecule has 0 aromatic rings. The fourth-order valence-corrected chi connectivity index (χ4v) is 8.26. The smallest absolute Gasteiger partial charge is 0.446 e. The summed E-state index contributed by atoms with van der Waals surface area (Å²) in [6, 6.07) is -1.14. The van der Waals surface area contributed by atoms with Gasteiger partial charge in [0, 0.05) is 27.2 Å². The van der Waals surface area contributed by atoms with E-state index in [4.69, 9.17) is 77.5 Å². The van der Waals surface area contributed by atoms with Gasteiger partial charge in [-0.05, 0) is 44.9 Å². The second-order valence-corrected chi connectivity index (χ2v) is 19.1. The summed E-state index contributed by atoms with van der Waals surface area (Å²) in [6.07, 6.45) is 24.4. The van der Waals surface area contributed by atoms with Gasteiger partial charge in [0.25, 0.3) is 3.79 Å². The Morgan fingerprint density at radius 2 is 1.37 bits per heavy atom. The molecule has 1 aliphatic rings. The summed E-state index contributed by atoms with van der Waals surface area (Å²) in [5, 5.41) is 11.4. The molecule has 1 rings (SSSR count). The lowest BCUT2D eigenvalue weighted by Gasteiger charge is -2.46. The van der Waals surface area contributed by atoms with Crippen LogP contribution in [0.3, 0.4) is 0 Å². The van der Waals surface area contributed by atoms with Crippen LogP contribution in [-0.2, 0) is 46.6 Å². The first-order valence-corrected chi connectivity index (χ1v) is 24.8. The minimum atomic E-state index is -4.33. The molecule has 60 heavy (non-hydrogen) atoms. The maximum absolute atomic E-state index is 14.1. The van der Waals surface area contributed by atoms with Gasteiger partial charge in [-0.2, -0.15) is 0 Å². The highest BCUT2D eigenvalue weighted by molar-refractivity contribution is 7.48. The number of amides is 1. The van der Waals surface area contributed by atoms with Gasteiger partial charge >= 0.3 is 7.82 Å². The standard InChI is InChI=1S/C44H78Cl3N2O10P/c1-7-11-13-15-16-17-18-19-20-21-22-23-24-26-28-30-38(50)49-39-41(54-34-31-36(53-6)29-27-25-14-12-8-2)40(59-60(51,55-32-9-3)56-33-10-4)37(35-52-5)57-42(39)58-43(48)44(45,46)47/h9-10,17-18,36-37,39-42,48H,3-4,7-8,11-16,19-35H2,1-2,5-6H3,(H,49,50)/b18-17-,48-43?/t36-,37?,39?,40?,41?,42?/m1/s1. The number of allylic oxidation sites excluding steroid dienone is 2. The number of carbonyl (C=O) groups is 1. The summed E-state index contributed by atoms with van der Waals surface area (Å²) in [6.45, 7) is 11.4. The van der Waals surface area contributed by atoms with Crippen LogP contribution in [0.2, 0.25) is 0 Å². The minimum Gasteiger partial charge on any atom is -0.446 e. The first-order chi connectivity index (χ1) is 28.9. The molecule has 0 aromatic carbocycles. The van der Waals surface area contributed by atoms with Crippen molar-refractivity contribution in [3.05, 3.63) is 37.5 Å². The molecule has 16 heteroatoms. The van der Waals surface area contributed by atoms with Crippen LogP contribution in [0.25, 0.3) is 0 Å². The largest absolute Gasteiger partial charge is 0.475 e. The molecule has 1 aliphatic heterocycles. The number of halogens is 3.